The summed E-state index contributed by atoms with van der Waals surface area (Å²) in [5.74, 6) is -0.360. The molecule has 0 bridgehead atoms. The lowest BCUT2D eigenvalue weighted by Gasteiger charge is -2.14. The minimum absolute atomic E-state index is 0.0430. The minimum Gasteiger partial charge on any atom is -0.406 e. The van der Waals surface area contributed by atoms with Crippen molar-refractivity contribution in [1.29, 1.82) is 0 Å². The molecule has 0 amide bonds. The molecule has 10 heteroatoms. The van der Waals surface area contributed by atoms with Crippen LogP contribution in [0.4, 0.5) is 13.2 Å². The Labute approximate surface area is 156 Å². The van der Waals surface area contributed by atoms with E-state index in [0.29, 0.717) is 5.56 Å². The third-order valence-corrected chi connectivity index (χ3v) is 3.69. The monoisotopic (exact) mass is 393 g/mol. The first-order chi connectivity index (χ1) is 13.3. The van der Waals surface area contributed by atoms with E-state index in [1.54, 1.807) is 30.3 Å². The molecule has 0 atom stereocenters. The zero-order chi connectivity index (χ0) is 20.3. The number of aromatic nitrogens is 3. The second-order valence-electron chi connectivity index (χ2n) is 5.59. The Bertz CT molecular complexity index is 1070. The Morgan fingerprint density at radius 2 is 1.64 bits per heavy atom. The van der Waals surface area contributed by atoms with Crippen molar-refractivity contribution in [1.82, 2.24) is 14.1 Å². The van der Waals surface area contributed by atoms with Crippen LogP contribution in [0.25, 0.3) is 17.1 Å². The first kappa shape index (κ1) is 19.4. The highest BCUT2D eigenvalue weighted by molar-refractivity contribution is 5.54. The summed E-state index contributed by atoms with van der Waals surface area (Å²) in [6, 6.07) is 12.9. The van der Waals surface area contributed by atoms with E-state index in [1.165, 1.54) is 7.11 Å². The first-order valence-electron chi connectivity index (χ1n) is 7.94. The molecule has 0 saturated carbocycles. The van der Waals surface area contributed by atoms with Crippen molar-refractivity contribution in [3.63, 3.8) is 0 Å². The van der Waals surface area contributed by atoms with Crippen molar-refractivity contribution in [2.75, 3.05) is 7.11 Å². The van der Waals surface area contributed by atoms with Gasteiger partial charge in [0.05, 0.1) is 5.69 Å². The second kappa shape index (κ2) is 7.69. The third kappa shape index (κ3) is 4.12. The number of benzene rings is 2. The summed E-state index contributed by atoms with van der Waals surface area (Å²) in [5.41, 5.74) is -1.04. The molecule has 0 fully saturated rings. The number of methoxy groups -OCH3 is 1. The number of rotatable bonds is 5. The molecule has 0 aliphatic rings. The molecular formula is C18H14F3N3O4. The molecule has 0 aliphatic carbocycles. The SMILES string of the molecule is COCn1c(-c2ccccc2)nc(=O)n(-c2ccc(OC(F)(F)F)cc2)c1=O. The lowest BCUT2D eigenvalue weighted by Crippen LogP contribution is -2.41. The van der Waals surface area contributed by atoms with E-state index >= 15 is 0 Å². The predicted molar refractivity (Wildman–Crippen MR) is 93.2 cm³/mol. The van der Waals surface area contributed by atoms with Gasteiger partial charge >= 0.3 is 17.7 Å². The highest BCUT2D eigenvalue weighted by Gasteiger charge is 2.31. The molecule has 1 aromatic heterocycles. The Kier molecular flexibility index (Phi) is 5.32. The van der Waals surface area contributed by atoms with Gasteiger partial charge in [-0.15, -0.1) is 13.2 Å². The van der Waals surface area contributed by atoms with Crippen LogP contribution in [0, 0.1) is 0 Å². The van der Waals surface area contributed by atoms with Crippen LogP contribution in [0.2, 0.25) is 0 Å². The molecule has 0 aliphatic heterocycles. The van der Waals surface area contributed by atoms with Gasteiger partial charge in [0.15, 0.2) is 5.82 Å². The van der Waals surface area contributed by atoms with Crippen LogP contribution in [0.1, 0.15) is 0 Å². The van der Waals surface area contributed by atoms with E-state index in [4.69, 9.17) is 4.74 Å². The number of alkyl halides is 3. The fourth-order valence-corrected chi connectivity index (χ4v) is 2.56. The molecule has 0 spiro atoms. The smallest absolute Gasteiger partial charge is 0.406 e. The van der Waals surface area contributed by atoms with Crippen LogP contribution < -0.4 is 16.1 Å². The van der Waals surface area contributed by atoms with Crippen molar-refractivity contribution in [3.05, 3.63) is 75.6 Å². The molecule has 146 valence electrons. The maximum absolute atomic E-state index is 12.9. The predicted octanol–water partition coefficient (Wildman–Crippen LogP) is 2.56. The van der Waals surface area contributed by atoms with Gasteiger partial charge in [0.25, 0.3) is 0 Å². The molecule has 7 nitrogen and oxygen atoms in total. The van der Waals surface area contributed by atoms with E-state index in [0.717, 1.165) is 33.4 Å². The van der Waals surface area contributed by atoms with Gasteiger partial charge in [0, 0.05) is 12.7 Å². The van der Waals surface area contributed by atoms with E-state index in [-0.39, 0.29) is 18.2 Å². The van der Waals surface area contributed by atoms with Crippen LogP contribution >= 0.6 is 0 Å². The van der Waals surface area contributed by atoms with Crippen LogP contribution in [-0.4, -0.2) is 27.6 Å². The number of ether oxygens (including phenoxy) is 2. The number of hydrogen-bond donors (Lipinski definition) is 0. The Morgan fingerprint density at radius 3 is 2.21 bits per heavy atom. The maximum atomic E-state index is 12.9. The lowest BCUT2D eigenvalue weighted by molar-refractivity contribution is -0.274. The van der Waals surface area contributed by atoms with Crippen LogP contribution in [0.3, 0.4) is 0 Å². The summed E-state index contributed by atoms with van der Waals surface area (Å²) in [6.45, 7) is -0.175. The quantitative estimate of drug-likeness (QED) is 0.666. The van der Waals surface area contributed by atoms with E-state index < -0.39 is 23.5 Å². The summed E-state index contributed by atoms with van der Waals surface area (Å²) >= 11 is 0. The summed E-state index contributed by atoms with van der Waals surface area (Å²) in [7, 11) is 1.37. The number of hydrogen-bond acceptors (Lipinski definition) is 5. The molecule has 0 radical (unpaired) electrons. The summed E-state index contributed by atoms with van der Waals surface area (Å²) < 4.78 is 47.6. The fourth-order valence-electron chi connectivity index (χ4n) is 2.56. The van der Waals surface area contributed by atoms with Crippen molar-refractivity contribution in [3.8, 4) is 22.8 Å². The zero-order valence-corrected chi connectivity index (χ0v) is 14.5. The largest absolute Gasteiger partial charge is 0.573 e. The average Bonchev–Trinajstić information content (AvgIpc) is 2.65. The van der Waals surface area contributed by atoms with Crippen molar-refractivity contribution >= 4 is 0 Å². The zero-order valence-electron chi connectivity index (χ0n) is 14.5. The van der Waals surface area contributed by atoms with Gasteiger partial charge in [-0.2, -0.15) is 4.98 Å². The van der Waals surface area contributed by atoms with Gasteiger partial charge in [-0.3, -0.25) is 4.57 Å². The van der Waals surface area contributed by atoms with E-state index in [1.807, 2.05) is 0 Å². The Balaban J connectivity index is 2.11. The molecule has 0 saturated heterocycles. The Morgan fingerprint density at radius 1 is 1.00 bits per heavy atom. The average molecular weight is 393 g/mol. The topological polar surface area (TPSA) is 75.3 Å². The molecule has 1 heterocycles. The second-order valence-corrected chi connectivity index (χ2v) is 5.59. The molecule has 0 unspecified atom stereocenters. The molecule has 2 aromatic carbocycles. The van der Waals surface area contributed by atoms with E-state index in [2.05, 4.69) is 9.72 Å². The molecule has 0 N–H and O–H groups in total. The van der Waals surface area contributed by atoms with Gasteiger partial charge in [-0.05, 0) is 24.3 Å². The van der Waals surface area contributed by atoms with Crippen LogP contribution in [0.5, 0.6) is 5.75 Å². The highest BCUT2D eigenvalue weighted by Crippen LogP contribution is 2.23. The van der Waals surface area contributed by atoms with Crippen molar-refractivity contribution in [2.45, 2.75) is 13.1 Å². The van der Waals surface area contributed by atoms with E-state index in [9.17, 15) is 22.8 Å². The fraction of sp³-hybridized carbons (Fsp3) is 0.167. The summed E-state index contributed by atoms with van der Waals surface area (Å²) in [4.78, 5) is 29.3. The minimum atomic E-state index is -4.84. The first-order valence-corrected chi connectivity index (χ1v) is 7.94. The van der Waals surface area contributed by atoms with Crippen LogP contribution in [-0.2, 0) is 11.5 Å². The van der Waals surface area contributed by atoms with Gasteiger partial charge < -0.3 is 9.47 Å². The third-order valence-electron chi connectivity index (χ3n) is 3.69. The summed E-state index contributed by atoms with van der Waals surface area (Å²) in [5, 5.41) is 0. The van der Waals surface area contributed by atoms with Gasteiger partial charge in [0.1, 0.15) is 12.5 Å². The molecular weight excluding hydrogens is 379 g/mol. The van der Waals surface area contributed by atoms with Crippen LogP contribution in [0.15, 0.2) is 64.2 Å². The maximum Gasteiger partial charge on any atom is 0.573 e. The standard InChI is InChI=1S/C18H14F3N3O4/c1-27-11-23-15(12-5-3-2-4-6-12)22-16(25)24(17(23)26)13-7-9-14(10-8-13)28-18(19,20)21/h2-10H,11H2,1H3. The number of nitrogens with zero attached hydrogens (tertiary/aromatic N) is 3. The van der Waals surface area contributed by atoms with Gasteiger partial charge in [0.2, 0.25) is 0 Å². The molecule has 28 heavy (non-hydrogen) atoms. The normalized spacial score (nSPS) is 11.4. The van der Waals surface area contributed by atoms with Gasteiger partial charge in [-0.1, -0.05) is 30.3 Å². The lowest BCUT2D eigenvalue weighted by atomic mass is 10.2. The molecule has 3 aromatic rings. The Hall–Kier alpha value is -3.40. The van der Waals surface area contributed by atoms with Crippen molar-refractivity contribution in [2.24, 2.45) is 0 Å². The van der Waals surface area contributed by atoms with Gasteiger partial charge in [-0.25, -0.2) is 14.2 Å². The van der Waals surface area contributed by atoms with Crippen molar-refractivity contribution < 1.29 is 22.6 Å². The highest BCUT2D eigenvalue weighted by atomic mass is 19.4. The number of halogens is 3. The molecule has 3 rings (SSSR count). The summed E-state index contributed by atoms with van der Waals surface area (Å²) in [6.07, 6.45) is -4.84.